The highest BCUT2D eigenvalue weighted by Crippen LogP contribution is 2.37. The second-order valence-electron chi connectivity index (χ2n) is 27.8. The number of amides is 3. The molecule has 5 aliphatic heterocycles. The van der Waals surface area contributed by atoms with E-state index < -0.39 is 217 Å². The predicted octanol–water partition coefficient (Wildman–Crippen LogP) is -0.248. The molecule has 0 aromatic carbocycles. The molecule has 0 bridgehead atoms. The highest BCUT2D eigenvalue weighted by molar-refractivity contribution is 5.76. The molecule has 0 radical (unpaired) electrons. The van der Waals surface area contributed by atoms with Crippen LogP contribution in [0, 0.1) is 0 Å². The topological polar surface area (TPSA) is 483 Å². The molecule has 10 unspecified atom stereocenters. The highest BCUT2D eigenvalue weighted by Gasteiger charge is 2.57. The fraction of sp³-hybridized carbons (Fsp3) is 0.929. The van der Waals surface area contributed by atoms with Crippen molar-refractivity contribution in [2.45, 2.75) is 373 Å². The van der Waals surface area contributed by atoms with Crippen molar-refractivity contribution in [1.29, 1.82) is 0 Å². The molecule has 5 rings (SSSR count). The largest absolute Gasteiger partial charge is 0.394 e. The summed E-state index contributed by atoms with van der Waals surface area (Å²) >= 11 is 0. The molecule has 5 heterocycles. The molecule has 0 aromatic heterocycles. The molecule has 0 spiro atoms. The molecule has 3 amide bonds. The number of rotatable bonds is 49. The molecule has 0 aliphatic carbocycles. The maximum Gasteiger partial charge on any atom is 0.220 e. The normalized spacial score (nSPS) is 35.3. The van der Waals surface area contributed by atoms with Crippen molar-refractivity contribution in [1.82, 2.24) is 16.0 Å². The van der Waals surface area contributed by atoms with E-state index in [1.54, 1.807) is 6.08 Å². The fourth-order valence-electron chi connectivity index (χ4n) is 13.6. The van der Waals surface area contributed by atoms with E-state index in [0.717, 1.165) is 58.8 Å². The van der Waals surface area contributed by atoms with Gasteiger partial charge in [-0.1, -0.05) is 180 Å². The van der Waals surface area contributed by atoms with Crippen LogP contribution < -0.4 is 16.0 Å². The van der Waals surface area contributed by atoms with Crippen LogP contribution >= 0.6 is 0 Å². The van der Waals surface area contributed by atoms with Crippen LogP contribution in [0.3, 0.4) is 0 Å². The summed E-state index contributed by atoms with van der Waals surface area (Å²) in [6.07, 6.45) is -9.32. The van der Waals surface area contributed by atoms with Crippen LogP contribution in [0.25, 0.3) is 0 Å². The Bertz CT molecular complexity index is 2270. The van der Waals surface area contributed by atoms with Gasteiger partial charge in [-0.2, -0.15) is 0 Å². The molecule has 101 heavy (non-hydrogen) atoms. The molecule has 18 N–H and O–H groups in total. The first-order valence-electron chi connectivity index (χ1n) is 37.5. The lowest BCUT2D eigenvalue weighted by Crippen LogP contribution is -2.71. The van der Waals surface area contributed by atoms with Gasteiger partial charge < -0.3 is 140 Å². The van der Waals surface area contributed by atoms with E-state index in [1.807, 2.05) is 6.08 Å². The molecular formula is C70H127N3O28. The Hall–Kier alpha value is -2.85. The van der Waals surface area contributed by atoms with Crippen LogP contribution in [-0.4, -0.2) is 300 Å². The summed E-state index contributed by atoms with van der Waals surface area (Å²) in [7, 11) is 0. The maximum absolute atomic E-state index is 13.5. The van der Waals surface area contributed by atoms with Crippen LogP contribution in [-0.2, 0) is 61.8 Å². The first kappa shape index (κ1) is 88.8. The summed E-state index contributed by atoms with van der Waals surface area (Å²) in [5, 5.41) is 174. The highest BCUT2D eigenvalue weighted by atomic mass is 16.8. The van der Waals surface area contributed by atoms with E-state index in [-0.39, 0.29) is 12.3 Å². The average molecular weight is 1460 g/mol. The number of carbonyl (C=O) groups is 3. The first-order chi connectivity index (χ1) is 48.6. The molecule has 0 saturated carbocycles. The monoisotopic (exact) mass is 1460 g/mol. The van der Waals surface area contributed by atoms with Crippen molar-refractivity contribution < 1.29 is 138 Å². The summed E-state index contributed by atoms with van der Waals surface area (Å²) in [6, 6.07) is -4.32. The van der Waals surface area contributed by atoms with E-state index in [1.165, 1.54) is 116 Å². The minimum absolute atomic E-state index is 0.196. The van der Waals surface area contributed by atoms with Gasteiger partial charge in [-0.25, -0.2) is 0 Å². The molecular weight excluding hydrogens is 1330 g/mol. The third kappa shape index (κ3) is 28.3. The van der Waals surface area contributed by atoms with Crippen molar-refractivity contribution in [3.8, 4) is 0 Å². The van der Waals surface area contributed by atoms with E-state index >= 15 is 0 Å². The molecule has 31 nitrogen and oxygen atoms in total. The summed E-state index contributed by atoms with van der Waals surface area (Å²) in [6.45, 7) is 1.39. The number of aliphatic hydroxyl groups is 15. The second kappa shape index (κ2) is 48.5. The Morgan fingerprint density at radius 3 is 1.21 bits per heavy atom. The molecule has 27 atom stereocenters. The number of carbonyl (C=O) groups excluding carboxylic acids is 3. The standard InChI is InChI=1S/C70H127N3O28/c1-5-7-9-11-13-15-17-19-20-22-24-26-28-30-32-34-50(82)73-43(44(81)33-31-29-27-25-23-21-18-16-14-12-10-8-6-2)40-92-68-59(89)57(87)62(48(38-77)96-68)98-69-60(90)58(88)63(49(39-78)97-69)99-70-61(91)65(55(85)47(37-76)95-70)101-67-52(72-42(4)80)64(54(84)46(36-75)94-67)100-66-51(71-41(3)79)56(86)53(83)45(35-74)93-66/h31,33,43-49,51-70,74-78,81,83-91H,5-30,32,34-40H2,1-4H3,(H,71,79)(H,72,80)(H,73,82)/b33-31+/t43-,44+,45?,46?,47?,48?,49?,51?,52?,53-,54-,55-,56+,57+,58+,59?,60?,61?,62+,63-,64+,65-,66-,67-,68+,69-,70-/m0/s1. The SMILES string of the molecule is CCCCCCCCCCCCC/C=C/[C@@H](O)[C@H](CO[C@@H]1OC(CO)[C@@H](O[C@@H]2OC(CO)[C@H](O[C@@H]3OC(CO)[C@H](O)[C@H](O[C@@H]4OC(CO)[C@H](O)[C@H](O[C@@H]5OC(CO)[C@H](O)[C@H](O)C5NC(C)=O)C4NC(C)=O)C3O)[C@H](O)C2O)[C@H](O)C1O)NC(=O)CCCCCCCCCCCCCCCCC. The van der Waals surface area contributed by atoms with Gasteiger partial charge in [0.2, 0.25) is 17.7 Å². The van der Waals surface area contributed by atoms with Gasteiger partial charge in [0.15, 0.2) is 31.5 Å². The summed E-state index contributed by atoms with van der Waals surface area (Å²) in [5.74, 6) is -1.87. The van der Waals surface area contributed by atoms with E-state index in [9.17, 15) is 91.0 Å². The van der Waals surface area contributed by atoms with Crippen molar-refractivity contribution >= 4 is 17.7 Å². The van der Waals surface area contributed by atoms with Gasteiger partial charge in [-0.3, -0.25) is 14.4 Å². The Morgan fingerprint density at radius 1 is 0.386 bits per heavy atom. The smallest absolute Gasteiger partial charge is 0.220 e. The van der Waals surface area contributed by atoms with E-state index in [4.69, 9.17) is 47.4 Å². The zero-order chi connectivity index (χ0) is 74.0. The Labute approximate surface area is 594 Å². The molecule has 5 fully saturated rings. The van der Waals surface area contributed by atoms with Gasteiger partial charge in [0.05, 0.1) is 51.8 Å². The van der Waals surface area contributed by atoms with Crippen LogP contribution in [0.4, 0.5) is 0 Å². The Balaban J connectivity index is 1.21. The summed E-state index contributed by atoms with van der Waals surface area (Å²) in [4.78, 5) is 38.5. The van der Waals surface area contributed by atoms with Gasteiger partial charge in [0, 0.05) is 20.3 Å². The number of allylic oxidation sites excluding steroid dienone is 1. The van der Waals surface area contributed by atoms with E-state index in [2.05, 4.69) is 29.8 Å². The van der Waals surface area contributed by atoms with Crippen LogP contribution in [0.1, 0.15) is 207 Å². The lowest BCUT2D eigenvalue weighted by molar-refractivity contribution is -0.388. The third-order valence-electron chi connectivity index (χ3n) is 19.6. The fourth-order valence-corrected chi connectivity index (χ4v) is 13.6. The maximum atomic E-state index is 13.5. The molecule has 5 aliphatic rings. The molecule has 5 saturated heterocycles. The van der Waals surface area contributed by atoms with Crippen molar-refractivity contribution in [3.63, 3.8) is 0 Å². The molecule has 31 heteroatoms. The third-order valence-corrected chi connectivity index (χ3v) is 19.6. The van der Waals surface area contributed by atoms with Crippen molar-refractivity contribution in [2.24, 2.45) is 0 Å². The lowest BCUT2D eigenvalue weighted by atomic mass is 9.93. The van der Waals surface area contributed by atoms with Crippen LogP contribution in [0.5, 0.6) is 0 Å². The number of hydrogen-bond acceptors (Lipinski definition) is 28. The van der Waals surface area contributed by atoms with Gasteiger partial charge in [-0.05, 0) is 19.3 Å². The quantitative estimate of drug-likeness (QED) is 0.0276. The van der Waals surface area contributed by atoms with Crippen molar-refractivity contribution in [3.05, 3.63) is 12.2 Å². The number of aliphatic hydroxyl groups excluding tert-OH is 15. The molecule has 590 valence electrons. The predicted molar refractivity (Wildman–Crippen MR) is 361 cm³/mol. The van der Waals surface area contributed by atoms with Gasteiger partial charge >= 0.3 is 0 Å². The number of nitrogens with one attached hydrogen (secondary N) is 3. The second-order valence-corrected chi connectivity index (χ2v) is 27.8. The first-order valence-corrected chi connectivity index (χ1v) is 37.5. The van der Waals surface area contributed by atoms with Gasteiger partial charge in [0.1, 0.15) is 122 Å². The Kier molecular flexibility index (Phi) is 42.6. The molecule has 0 aromatic rings. The van der Waals surface area contributed by atoms with Gasteiger partial charge in [0.25, 0.3) is 0 Å². The van der Waals surface area contributed by atoms with E-state index in [0.29, 0.717) is 12.8 Å². The lowest BCUT2D eigenvalue weighted by Gasteiger charge is -2.50. The van der Waals surface area contributed by atoms with Crippen molar-refractivity contribution in [2.75, 3.05) is 39.6 Å². The zero-order valence-corrected chi connectivity index (χ0v) is 59.8. The zero-order valence-electron chi connectivity index (χ0n) is 59.8. The van der Waals surface area contributed by atoms with Crippen LogP contribution in [0.2, 0.25) is 0 Å². The minimum atomic E-state index is -2.20. The van der Waals surface area contributed by atoms with Crippen LogP contribution in [0.15, 0.2) is 12.2 Å². The summed E-state index contributed by atoms with van der Waals surface area (Å²) < 4.78 is 59.0. The summed E-state index contributed by atoms with van der Waals surface area (Å²) in [5.41, 5.74) is 0. The number of hydrogen-bond donors (Lipinski definition) is 18. The Morgan fingerprint density at radius 2 is 0.743 bits per heavy atom. The number of unbranched alkanes of at least 4 members (excludes halogenated alkanes) is 25. The average Bonchev–Trinajstić information content (AvgIpc) is 0.775. The number of ether oxygens (including phenoxy) is 10. The minimum Gasteiger partial charge on any atom is -0.394 e. The van der Waals surface area contributed by atoms with Gasteiger partial charge in [-0.15, -0.1) is 0 Å².